The number of urea groups is 1. The van der Waals surface area contributed by atoms with Gasteiger partial charge < -0.3 is 15.7 Å². The highest BCUT2D eigenvalue weighted by atomic mass is 16.3. The maximum Gasteiger partial charge on any atom is 0.315 e. The largest absolute Gasteiger partial charge is 0.394 e. The van der Waals surface area contributed by atoms with E-state index >= 15 is 0 Å². The van der Waals surface area contributed by atoms with Gasteiger partial charge in [0, 0.05) is 18.8 Å². The first-order chi connectivity index (χ1) is 8.06. The van der Waals surface area contributed by atoms with Crippen LogP contribution in [0, 0.1) is 0 Å². The van der Waals surface area contributed by atoms with Crippen LogP contribution in [0.1, 0.15) is 31.9 Å². The van der Waals surface area contributed by atoms with Gasteiger partial charge in [-0.15, -0.1) is 0 Å². The summed E-state index contributed by atoms with van der Waals surface area (Å²) in [4.78, 5) is 11.6. The van der Waals surface area contributed by atoms with E-state index in [2.05, 4.69) is 15.7 Å². The van der Waals surface area contributed by atoms with E-state index < -0.39 is 0 Å². The fraction of sp³-hybridized carbons (Fsp3) is 0.636. The minimum Gasteiger partial charge on any atom is -0.394 e. The third kappa shape index (κ3) is 4.07. The summed E-state index contributed by atoms with van der Waals surface area (Å²) in [5, 5.41) is 18.5. The zero-order chi connectivity index (χ0) is 12.8. The Morgan fingerprint density at radius 1 is 1.59 bits per heavy atom. The van der Waals surface area contributed by atoms with Crippen molar-refractivity contribution in [3.8, 4) is 0 Å². The zero-order valence-corrected chi connectivity index (χ0v) is 10.5. The summed E-state index contributed by atoms with van der Waals surface area (Å²) in [6.07, 6.45) is 4.27. The molecule has 3 N–H and O–H groups in total. The van der Waals surface area contributed by atoms with Crippen molar-refractivity contribution in [2.24, 2.45) is 7.05 Å². The molecule has 0 aliphatic rings. The molecule has 0 aliphatic heterocycles. The van der Waals surface area contributed by atoms with E-state index in [0.717, 1.165) is 5.56 Å². The first kappa shape index (κ1) is 13.5. The second-order valence-corrected chi connectivity index (χ2v) is 4.07. The number of carbonyl (C=O) groups excluding carboxylic acids is 1. The maximum atomic E-state index is 11.6. The smallest absolute Gasteiger partial charge is 0.315 e. The summed E-state index contributed by atoms with van der Waals surface area (Å²) in [7, 11) is 1.83. The third-order valence-corrected chi connectivity index (χ3v) is 2.62. The molecule has 0 spiro atoms. The van der Waals surface area contributed by atoms with Gasteiger partial charge in [-0.05, 0) is 13.3 Å². The van der Waals surface area contributed by atoms with Crippen molar-refractivity contribution < 1.29 is 9.90 Å². The third-order valence-electron chi connectivity index (χ3n) is 2.62. The highest BCUT2D eigenvalue weighted by Gasteiger charge is 2.13. The van der Waals surface area contributed by atoms with Gasteiger partial charge >= 0.3 is 6.03 Å². The average molecular weight is 240 g/mol. The van der Waals surface area contributed by atoms with E-state index in [4.69, 9.17) is 5.11 Å². The summed E-state index contributed by atoms with van der Waals surface area (Å²) in [5.41, 5.74) is 0.944. The summed E-state index contributed by atoms with van der Waals surface area (Å²) in [6, 6.07) is -0.585. The highest BCUT2D eigenvalue weighted by molar-refractivity contribution is 5.74. The van der Waals surface area contributed by atoms with Gasteiger partial charge in [0.1, 0.15) is 0 Å². The number of rotatable bonds is 5. The van der Waals surface area contributed by atoms with E-state index in [1.165, 1.54) is 0 Å². The normalized spacial score (nSPS) is 14.1. The molecule has 17 heavy (non-hydrogen) atoms. The molecule has 0 saturated carbocycles. The molecule has 1 aromatic heterocycles. The highest BCUT2D eigenvalue weighted by Crippen LogP contribution is 2.09. The van der Waals surface area contributed by atoms with Crippen molar-refractivity contribution in [3.63, 3.8) is 0 Å². The van der Waals surface area contributed by atoms with E-state index in [0.29, 0.717) is 6.42 Å². The van der Waals surface area contributed by atoms with Crippen molar-refractivity contribution in [3.05, 3.63) is 18.0 Å². The Kier molecular flexibility index (Phi) is 4.96. The van der Waals surface area contributed by atoms with Crippen molar-refractivity contribution >= 4 is 6.03 Å². The SMILES string of the molecule is CC[C@@H](CO)NC(=O)N[C@H](C)c1cnn(C)c1. The molecule has 0 aliphatic carbocycles. The van der Waals surface area contributed by atoms with Gasteiger partial charge in [-0.3, -0.25) is 4.68 Å². The predicted molar refractivity (Wildman–Crippen MR) is 64.5 cm³/mol. The predicted octanol–water partition coefficient (Wildman–Crippen LogP) is 0.551. The van der Waals surface area contributed by atoms with Gasteiger partial charge in [0.15, 0.2) is 0 Å². The number of aliphatic hydroxyl groups is 1. The number of nitrogens with one attached hydrogen (secondary N) is 2. The van der Waals surface area contributed by atoms with Crippen LogP contribution in [0.2, 0.25) is 0 Å². The Balaban J connectivity index is 2.45. The minimum absolute atomic E-state index is 0.0504. The summed E-state index contributed by atoms with van der Waals surface area (Å²) in [5.74, 6) is 0. The molecule has 1 aromatic rings. The van der Waals surface area contributed by atoms with Crippen LogP contribution in [0.4, 0.5) is 4.79 Å². The maximum absolute atomic E-state index is 11.6. The lowest BCUT2D eigenvalue weighted by Crippen LogP contribution is -2.44. The van der Waals surface area contributed by atoms with Gasteiger partial charge in [-0.1, -0.05) is 6.92 Å². The van der Waals surface area contributed by atoms with Crippen LogP contribution in [-0.4, -0.2) is 33.6 Å². The second-order valence-electron chi connectivity index (χ2n) is 4.07. The molecule has 0 fully saturated rings. The quantitative estimate of drug-likeness (QED) is 0.703. The van der Waals surface area contributed by atoms with Crippen LogP contribution in [0.5, 0.6) is 0 Å². The first-order valence-electron chi connectivity index (χ1n) is 5.73. The zero-order valence-electron chi connectivity index (χ0n) is 10.5. The Hall–Kier alpha value is -1.56. The molecule has 2 amide bonds. The van der Waals surface area contributed by atoms with Gasteiger partial charge in [0.25, 0.3) is 0 Å². The molecular weight excluding hydrogens is 220 g/mol. The van der Waals surface area contributed by atoms with Crippen LogP contribution >= 0.6 is 0 Å². The Labute approximate surface area is 101 Å². The van der Waals surface area contributed by atoms with E-state index in [9.17, 15) is 4.79 Å². The Morgan fingerprint density at radius 2 is 2.29 bits per heavy atom. The van der Waals surface area contributed by atoms with Crippen LogP contribution in [0.25, 0.3) is 0 Å². The number of aryl methyl sites for hydroxylation is 1. The molecule has 1 heterocycles. The van der Waals surface area contributed by atoms with Gasteiger partial charge in [0.2, 0.25) is 0 Å². The van der Waals surface area contributed by atoms with Crippen molar-refractivity contribution in [2.45, 2.75) is 32.4 Å². The van der Waals surface area contributed by atoms with E-state index in [1.807, 2.05) is 27.1 Å². The van der Waals surface area contributed by atoms with Crippen molar-refractivity contribution in [1.82, 2.24) is 20.4 Å². The van der Waals surface area contributed by atoms with Crippen LogP contribution < -0.4 is 10.6 Å². The lowest BCUT2D eigenvalue weighted by molar-refractivity contribution is 0.212. The molecule has 0 saturated heterocycles. The summed E-state index contributed by atoms with van der Waals surface area (Å²) < 4.78 is 1.69. The Morgan fingerprint density at radius 3 is 2.76 bits per heavy atom. The molecule has 0 aromatic carbocycles. The lowest BCUT2D eigenvalue weighted by atomic mass is 10.2. The number of hydrogen-bond donors (Lipinski definition) is 3. The fourth-order valence-corrected chi connectivity index (χ4v) is 1.45. The lowest BCUT2D eigenvalue weighted by Gasteiger charge is -2.17. The molecule has 2 atom stereocenters. The molecule has 0 unspecified atom stereocenters. The number of aliphatic hydroxyl groups excluding tert-OH is 1. The fourth-order valence-electron chi connectivity index (χ4n) is 1.45. The standard InChI is InChI=1S/C11H20N4O2/c1-4-10(7-16)14-11(17)13-8(2)9-5-12-15(3)6-9/h5-6,8,10,16H,4,7H2,1-3H3,(H2,13,14,17)/t8-,10+/m1/s1. The Bertz CT molecular complexity index is 360. The van der Waals surface area contributed by atoms with Gasteiger partial charge in [-0.25, -0.2) is 4.79 Å². The summed E-state index contributed by atoms with van der Waals surface area (Å²) >= 11 is 0. The number of amides is 2. The number of carbonyl (C=O) groups is 1. The monoisotopic (exact) mass is 240 g/mol. The number of nitrogens with zero attached hydrogens (tertiary/aromatic N) is 2. The van der Waals surface area contributed by atoms with Gasteiger partial charge in [-0.2, -0.15) is 5.10 Å². The molecule has 0 bridgehead atoms. The second kappa shape index (κ2) is 6.24. The molecular formula is C11H20N4O2. The first-order valence-corrected chi connectivity index (χ1v) is 5.73. The molecule has 6 heteroatoms. The number of aromatic nitrogens is 2. The van der Waals surface area contributed by atoms with Crippen LogP contribution in [0.15, 0.2) is 12.4 Å². The van der Waals surface area contributed by atoms with Crippen LogP contribution in [0.3, 0.4) is 0 Å². The van der Waals surface area contributed by atoms with Crippen LogP contribution in [-0.2, 0) is 7.05 Å². The molecule has 0 radical (unpaired) electrons. The molecule has 96 valence electrons. The average Bonchev–Trinajstić information content (AvgIpc) is 2.72. The number of hydrogen-bond acceptors (Lipinski definition) is 3. The molecule has 1 rings (SSSR count). The van der Waals surface area contributed by atoms with Crippen molar-refractivity contribution in [1.29, 1.82) is 0 Å². The molecule has 6 nitrogen and oxygen atoms in total. The minimum atomic E-state index is -0.276. The summed E-state index contributed by atoms with van der Waals surface area (Å²) in [6.45, 7) is 3.74. The van der Waals surface area contributed by atoms with Crippen molar-refractivity contribution in [2.75, 3.05) is 6.61 Å². The van der Waals surface area contributed by atoms with Gasteiger partial charge in [0.05, 0.1) is 24.9 Å². The van der Waals surface area contributed by atoms with E-state index in [-0.39, 0.29) is 24.7 Å². The topological polar surface area (TPSA) is 79.2 Å². The van der Waals surface area contributed by atoms with E-state index in [1.54, 1.807) is 10.9 Å².